The number of ether oxygens (including phenoxy) is 2. The minimum atomic E-state index is -2.95. The molecule has 0 aliphatic carbocycles. The maximum atomic E-state index is 12.0. The molecule has 8 nitrogen and oxygen atoms in total. The number of carbonyl (C=O) groups excluding carboxylic acids is 2. The van der Waals surface area contributed by atoms with Crippen LogP contribution in [0.25, 0.3) is 0 Å². The van der Waals surface area contributed by atoms with Crippen molar-refractivity contribution in [2.45, 2.75) is 6.61 Å². The van der Waals surface area contributed by atoms with Crippen LogP contribution < -0.4 is 10.1 Å². The van der Waals surface area contributed by atoms with Gasteiger partial charge in [0.2, 0.25) is 0 Å². The Kier molecular flexibility index (Phi) is 6.15. The van der Waals surface area contributed by atoms with Gasteiger partial charge in [0, 0.05) is 17.8 Å². The van der Waals surface area contributed by atoms with Crippen LogP contribution in [0.4, 0.5) is 20.2 Å². The van der Waals surface area contributed by atoms with Crippen molar-refractivity contribution in [3.8, 4) is 5.75 Å². The first-order valence-electron chi connectivity index (χ1n) is 7.11. The number of nitrogens with one attached hydrogen (secondary N) is 1. The smallest absolute Gasteiger partial charge is 0.387 e. The van der Waals surface area contributed by atoms with Gasteiger partial charge in [-0.2, -0.15) is 8.78 Å². The van der Waals surface area contributed by atoms with Crippen molar-refractivity contribution in [1.29, 1.82) is 0 Å². The number of non-ortho nitro benzene ring substituents is 1. The summed E-state index contributed by atoms with van der Waals surface area (Å²) in [4.78, 5) is 33.6. The Morgan fingerprint density at radius 3 is 2.46 bits per heavy atom. The monoisotopic (exact) mass is 366 g/mol. The van der Waals surface area contributed by atoms with Crippen molar-refractivity contribution in [2.75, 3.05) is 11.9 Å². The van der Waals surface area contributed by atoms with E-state index >= 15 is 0 Å². The molecule has 136 valence electrons. The zero-order valence-corrected chi connectivity index (χ0v) is 13.1. The number of hydrogen-bond acceptors (Lipinski definition) is 6. The fraction of sp³-hybridized carbons (Fsp3) is 0.125. The molecule has 0 spiro atoms. The van der Waals surface area contributed by atoms with Gasteiger partial charge in [-0.05, 0) is 30.3 Å². The standard InChI is InChI=1S/C16H12F2N2O6/c17-16(18)26-13-6-4-11(5-7-13)19-14(21)9-25-15(22)10-2-1-3-12(8-10)20(23)24/h1-8,16H,9H2,(H,19,21). The lowest BCUT2D eigenvalue weighted by atomic mass is 10.2. The Labute approximate surface area is 145 Å². The highest BCUT2D eigenvalue weighted by Gasteiger charge is 2.14. The second-order valence-electron chi connectivity index (χ2n) is 4.83. The fourth-order valence-electron chi connectivity index (χ4n) is 1.88. The van der Waals surface area contributed by atoms with E-state index in [0.717, 1.165) is 6.07 Å². The second-order valence-corrected chi connectivity index (χ2v) is 4.83. The SMILES string of the molecule is O=C(COC(=O)c1cccc([N+](=O)[O-])c1)Nc1ccc(OC(F)F)cc1. The number of alkyl halides is 2. The number of nitro groups is 1. The van der Waals surface area contributed by atoms with E-state index in [4.69, 9.17) is 4.74 Å². The van der Waals surface area contributed by atoms with Crippen molar-refractivity contribution in [3.63, 3.8) is 0 Å². The summed E-state index contributed by atoms with van der Waals surface area (Å²) in [5.74, 6) is -1.65. The molecule has 0 saturated heterocycles. The predicted molar refractivity (Wildman–Crippen MR) is 85.1 cm³/mol. The predicted octanol–water partition coefficient (Wildman–Crippen LogP) is 2.99. The maximum Gasteiger partial charge on any atom is 0.387 e. The highest BCUT2D eigenvalue weighted by Crippen LogP contribution is 2.18. The van der Waals surface area contributed by atoms with E-state index in [0.29, 0.717) is 0 Å². The summed E-state index contributed by atoms with van der Waals surface area (Å²) in [7, 11) is 0. The number of halogens is 2. The van der Waals surface area contributed by atoms with Crippen molar-refractivity contribution in [2.24, 2.45) is 0 Å². The van der Waals surface area contributed by atoms with Gasteiger partial charge in [0.05, 0.1) is 10.5 Å². The largest absolute Gasteiger partial charge is 0.452 e. The van der Waals surface area contributed by atoms with Gasteiger partial charge in [-0.1, -0.05) is 6.07 Å². The van der Waals surface area contributed by atoms with Gasteiger partial charge in [0.15, 0.2) is 6.61 Å². The van der Waals surface area contributed by atoms with E-state index in [-0.39, 0.29) is 22.7 Å². The summed E-state index contributed by atoms with van der Waals surface area (Å²) in [6.07, 6.45) is 0. The summed E-state index contributed by atoms with van der Waals surface area (Å²) in [6.45, 7) is -3.58. The second kappa shape index (κ2) is 8.51. The van der Waals surface area contributed by atoms with Crippen LogP contribution in [0.1, 0.15) is 10.4 Å². The molecule has 0 bridgehead atoms. The normalized spacial score (nSPS) is 10.3. The van der Waals surface area contributed by atoms with Gasteiger partial charge in [0.25, 0.3) is 11.6 Å². The van der Waals surface area contributed by atoms with Crippen LogP contribution in [0.2, 0.25) is 0 Å². The molecule has 2 aromatic rings. The molecule has 26 heavy (non-hydrogen) atoms. The molecule has 2 rings (SSSR count). The number of benzene rings is 2. The molecular formula is C16H12F2N2O6. The number of hydrogen-bond donors (Lipinski definition) is 1. The summed E-state index contributed by atoms with van der Waals surface area (Å²) in [5, 5.41) is 13.1. The highest BCUT2D eigenvalue weighted by molar-refractivity contribution is 5.95. The van der Waals surface area contributed by atoms with E-state index in [2.05, 4.69) is 10.1 Å². The van der Waals surface area contributed by atoms with Crippen molar-refractivity contribution in [1.82, 2.24) is 0 Å². The quantitative estimate of drug-likeness (QED) is 0.458. The zero-order chi connectivity index (χ0) is 19.1. The molecule has 2 aromatic carbocycles. The lowest BCUT2D eigenvalue weighted by Crippen LogP contribution is -2.21. The number of nitrogens with zero attached hydrogens (tertiary/aromatic N) is 1. The number of carbonyl (C=O) groups is 2. The lowest BCUT2D eigenvalue weighted by molar-refractivity contribution is -0.384. The Morgan fingerprint density at radius 1 is 1.15 bits per heavy atom. The molecule has 1 amide bonds. The van der Waals surface area contributed by atoms with E-state index in [1.54, 1.807) is 0 Å². The molecule has 0 atom stereocenters. The zero-order valence-electron chi connectivity index (χ0n) is 13.1. The average molecular weight is 366 g/mol. The van der Waals surface area contributed by atoms with Gasteiger partial charge in [-0.3, -0.25) is 14.9 Å². The fourth-order valence-corrected chi connectivity index (χ4v) is 1.88. The van der Waals surface area contributed by atoms with Gasteiger partial charge in [-0.15, -0.1) is 0 Å². The molecular weight excluding hydrogens is 354 g/mol. The lowest BCUT2D eigenvalue weighted by Gasteiger charge is -2.08. The summed E-state index contributed by atoms with van der Waals surface area (Å²) < 4.78 is 33.0. The number of anilines is 1. The third-order valence-electron chi connectivity index (χ3n) is 2.99. The van der Waals surface area contributed by atoms with Crippen LogP contribution in [0.3, 0.4) is 0 Å². The van der Waals surface area contributed by atoms with E-state index in [1.807, 2.05) is 0 Å². The maximum absolute atomic E-state index is 12.0. The minimum absolute atomic E-state index is 0.0690. The van der Waals surface area contributed by atoms with Crippen LogP contribution in [0.5, 0.6) is 5.75 Å². The topological polar surface area (TPSA) is 108 Å². The van der Waals surface area contributed by atoms with E-state index in [1.165, 1.54) is 42.5 Å². The summed E-state index contributed by atoms with van der Waals surface area (Å²) in [5.41, 5.74) is -0.0708. The van der Waals surface area contributed by atoms with Crippen molar-refractivity contribution < 1.29 is 32.8 Å². The first-order chi connectivity index (χ1) is 12.3. The Morgan fingerprint density at radius 2 is 1.85 bits per heavy atom. The van der Waals surface area contributed by atoms with Gasteiger partial charge in [0.1, 0.15) is 5.75 Å². The summed E-state index contributed by atoms with van der Waals surface area (Å²) in [6, 6.07) is 10.0. The number of amides is 1. The molecule has 10 heteroatoms. The Balaban J connectivity index is 1.87. The van der Waals surface area contributed by atoms with Crippen LogP contribution in [0, 0.1) is 10.1 Å². The summed E-state index contributed by atoms with van der Waals surface area (Å²) >= 11 is 0. The molecule has 0 heterocycles. The molecule has 0 radical (unpaired) electrons. The van der Waals surface area contributed by atoms with Crippen LogP contribution in [-0.4, -0.2) is 30.0 Å². The van der Waals surface area contributed by atoms with Crippen molar-refractivity contribution in [3.05, 3.63) is 64.2 Å². The third-order valence-corrected chi connectivity index (χ3v) is 2.99. The molecule has 0 aromatic heterocycles. The van der Waals surface area contributed by atoms with Gasteiger partial charge in [-0.25, -0.2) is 4.79 Å². The Hall–Kier alpha value is -3.56. The first kappa shape index (κ1) is 18.8. The molecule has 0 aliphatic rings. The molecule has 1 N–H and O–H groups in total. The third kappa shape index (κ3) is 5.51. The van der Waals surface area contributed by atoms with Crippen LogP contribution >= 0.6 is 0 Å². The average Bonchev–Trinajstić information content (AvgIpc) is 2.61. The highest BCUT2D eigenvalue weighted by atomic mass is 19.3. The Bertz CT molecular complexity index is 811. The van der Waals surface area contributed by atoms with Crippen molar-refractivity contribution >= 4 is 23.3 Å². The first-order valence-corrected chi connectivity index (χ1v) is 7.11. The minimum Gasteiger partial charge on any atom is -0.452 e. The molecule has 0 fully saturated rings. The molecule has 0 aliphatic heterocycles. The number of rotatable bonds is 7. The molecule has 0 unspecified atom stereocenters. The van der Waals surface area contributed by atoms with Crippen LogP contribution in [0.15, 0.2) is 48.5 Å². The van der Waals surface area contributed by atoms with Gasteiger partial charge >= 0.3 is 12.6 Å². The number of nitro benzene ring substituents is 1. The van der Waals surface area contributed by atoms with E-state index in [9.17, 15) is 28.5 Å². The molecule has 0 saturated carbocycles. The van der Waals surface area contributed by atoms with Crippen LogP contribution in [-0.2, 0) is 9.53 Å². The van der Waals surface area contributed by atoms with Gasteiger partial charge < -0.3 is 14.8 Å². The van der Waals surface area contributed by atoms with E-state index < -0.39 is 30.0 Å². The number of esters is 1.